The van der Waals surface area contributed by atoms with Gasteiger partial charge in [-0.3, -0.25) is 11.3 Å². The minimum atomic E-state index is -0.202. The van der Waals surface area contributed by atoms with Crippen molar-refractivity contribution in [3.8, 4) is 0 Å². The van der Waals surface area contributed by atoms with Gasteiger partial charge < -0.3 is 0 Å². The number of benzene rings is 1. The zero-order chi connectivity index (χ0) is 14.7. The largest absolute Gasteiger partial charge is 0.271 e. The van der Waals surface area contributed by atoms with Crippen molar-refractivity contribution in [1.29, 1.82) is 0 Å². The Morgan fingerprint density at radius 3 is 2.05 bits per heavy atom. The zero-order valence-corrected chi connectivity index (χ0v) is 12.8. The first-order chi connectivity index (χ1) is 8.66. The van der Waals surface area contributed by atoms with Crippen LogP contribution in [0, 0.1) is 11.2 Å². The Balaban J connectivity index is 2.85. The summed E-state index contributed by atoms with van der Waals surface area (Å²) in [6.07, 6.45) is 2.08. The van der Waals surface area contributed by atoms with Crippen molar-refractivity contribution in [2.24, 2.45) is 11.3 Å². The number of halogens is 1. The molecule has 108 valence electrons. The van der Waals surface area contributed by atoms with Gasteiger partial charge >= 0.3 is 0 Å². The van der Waals surface area contributed by atoms with Crippen molar-refractivity contribution in [3.05, 3.63) is 35.6 Å². The van der Waals surface area contributed by atoms with Gasteiger partial charge in [0.1, 0.15) is 5.82 Å². The fourth-order valence-corrected chi connectivity index (χ4v) is 2.31. The molecule has 1 unspecified atom stereocenters. The van der Waals surface area contributed by atoms with Gasteiger partial charge in [0.05, 0.1) is 0 Å². The highest BCUT2D eigenvalue weighted by Crippen LogP contribution is 2.32. The maximum absolute atomic E-state index is 13.0. The van der Waals surface area contributed by atoms with Gasteiger partial charge in [-0.25, -0.2) is 4.39 Å². The lowest BCUT2D eigenvalue weighted by atomic mass is 9.74. The molecule has 0 spiro atoms. The van der Waals surface area contributed by atoms with Crippen LogP contribution in [0.2, 0.25) is 0 Å². The number of nitrogens with one attached hydrogen (secondary N) is 1. The van der Waals surface area contributed by atoms with Crippen LogP contribution in [0.1, 0.15) is 53.0 Å². The maximum Gasteiger partial charge on any atom is 0.123 e. The summed E-state index contributed by atoms with van der Waals surface area (Å²) < 4.78 is 13.0. The third kappa shape index (κ3) is 4.59. The third-order valence-electron chi connectivity index (χ3n) is 3.84. The van der Waals surface area contributed by atoms with Crippen LogP contribution in [0.5, 0.6) is 0 Å². The molecule has 0 aliphatic rings. The van der Waals surface area contributed by atoms with Crippen LogP contribution in [0.3, 0.4) is 0 Å². The second kappa shape index (κ2) is 6.02. The molecule has 1 aromatic carbocycles. The van der Waals surface area contributed by atoms with Crippen LogP contribution in [0.25, 0.3) is 0 Å². The number of hydrazine groups is 1. The number of hydrogen-bond donors (Lipinski definition) is 2. The van der Waals surface area contributed by atoms with Crippen LogP contribution in [-0.4, -0.2) is 6.04 Å². The highest BCUT2D eigenvalue weighted by atomic mass is 19.1. The number of hydrogen-bond acceptors (Lipinski definition) is 2. The van der Waals surface area contributed by atoms with E-state index >= 15 is 0 Å². The van der Waals surface area contributed by atoms with Gasteiger partial charge in [-0.05, 0) is 36.0 Å². The van der Waals surface area contributed by atoms with E-state index in [-0.39, 0.29) is 22.7 Å². The van der Waals surface area contributed by atoms with Crippen molar-refractivity contribution in [2.75, 3.05) is 0 Å². The first-order valence-electron chi connectivity index (χ1n) is 6.89. The smallest absolute Gasteiger partial charge is 0.123 e. The summed E-state index contributed by atoms with van der Waals surface area (Å²) in [5.41, 5.74) is 4.19. The van der Waals surface area contributed by atoms with Crippen LogP contribution >= 0.6 is 0 Å². The van der Waals surface area contributed by atoms with Gasteiger partial charge in [0.15, 0.2) is 0 Å². The van der Waals surface area contributed by atoms with Crippen LogP contribution in [0.15, 0.2) is 24.3 Å². The molecule has 2 nitrogen and oxygen atoms in total. The second-order valence-corrected chi connectivity index (χ2v) is 7.05. The van der Waals surface area contributed by atoms with E-state index in [4.69, 9.17) is 5.84 Å². The molecule has 0 aliphatic carbocycles. The molecule has 0 radical (unpaired) electrons. The third-order valence-corrected chi connectivity index (χ3v) is 3.84. The standard InChI is InChI=1S/C16H27FN2/c1-15(2,3)11-10-14(19-18)16(4,5)12-6-8-13(17)9-7-12/h6-9,14,19H,10-11,18H2,1-5H3. The summed E-state index contributed by atoms with van der Waals surface area (Å²) >= 11 is 0. The molecule has 19 heavy (non-hydrogen) atoms. The number of rotatable bonds is 5. The minimum absolute atomic E-state index is 0.131. The molecule has 0 fully saturated rings. The molecule has 1 aromatic rings. The van der Waals surface area contributed by atoms with Crippen molar-refractivity contribution in [1.82, 2.24) is 5.43 Å². The molecule has 1 rings (SSSR count). The second-order valence-electron chi connectivity index (χ2n) is 7.05. The molecule has 0 amide bonds. The van der Waals surface area contributed by atoms with Crippen molar-refractivity contribution < 1.29 is 4.39 Å². The monoisotopic (exact) mass is 266 g/mol. The van der Waals surface area contributed by atoms with Crippen molar-refractivity contribution in [2.45, 2.75) is 58.9 Å². The lowest BCUT2D eigenvalue weighted by molar-refractivity contribution is 0.270. The topological polar surface area (TPSA) is 38.0 Å². The van der Waals surface area contributed by atoms with Gasteiger partial charge in [0.25, 0.3) is 0 Å². The van der Waals surface area contributed by atoms with Crippen molar-refractivity contribution >= 4 is 0 Å². The molecule has 0 bridgehead atoms. The molecular weight excluding hydrogens is 239 g/mol. The van der Waals surface area contributed by atoms with E-state index in [0.717, 1.165) is 18.4 Å². The highest BCUT2D eigenvalue weighted by molar-refractivity contribution is 5.26. The van der Waals surface area contributed by atoms with Gasteiger partial charge in [0.2, 0.25) is 0 Å². The van der Waals surface area contributed by atoms with Gasteiger partial charge in [-0.15, -0.1) is 0 Å². The molecule has 0 saturated carbocycles. The van der Waals surface area contributed by atoms with Gasteiger partial charge in [-0.2, -0.15) is 0 Å². The first-order valence-corrected chi connectivity index (χ1v) is 6.89. The van der Waals surface area contributed by atoms with E-state index in [1.165, 1.54) is 12.1 Å². The van der Waals surface area contributed by atoms with Gasteiger partial charge in [0, 0.05) is 11.5 Å². The molecule has 0 saturated heterocycles. The predicted octanol–water partition coefficient (Wildman–Crippen LogP) is 3.76. The lowest BCUT2D eigenvalue weighted by Gasteiger charge is -2.36. The molecule has 1 atom stereocenters. The summed E-state index contributed by atoms with van der Waals surface area (Å²) in [4.78, 5) is 0. The first kappa shape index (κ1) is 16.1. The van der Waals surface area contributed by atoms with E-state index in [1.807, 2.05) is 12.1 Å². The Morgan fingerprint density at radius 1 is 1.11 bits per heavy atom. The summed E-state index contributed by atoms with van der Waals surface area (Å²) in [5, 5.41) is 0. The summed E-state index contributed by atoms with van der Waals surface area (Å²) in [7, 11) is 0. The van der Waals surface area contributed by atoms with Crippen LogP contribution in [-0.2, 0) is 5.41 Å². The number of nitrogens with two attached hydrogens (primary N) is 1. The lowest BCUT2D eigenvalue weighted by Crippen LogP contribution is -2.48. The van der Waals surface area contributed by atoms with Crippen LogP contribution < -0.4 is 11.3 Å². The minimum Gasteiger partial charge on any atom is -0.271 e. The molecular formula is C16H27FN2. The Kier molecular flexibility index (Phi) is 5.11. The van der Waals surface area contributed by atoms with E-state index < -0.39 is 0 Å². The summed E-state index contributed by atoms with van der Waals surface area (Å²) in [6.45, 7) is 11.0. The molecule has 0 aliphatic heterocycles. The molecule has 3 heteroatoms. The van der Waals surface area contributed by atoms with Crippen LogP contribution in [0.4, 0.5) is 4.39 Å². The Labute approximate surface area is 116 Å². The predicted molar refractivity (Wildman–Crippen MR) is 79.2 cm³/mol. The summed E-state index contributed by atoms with van der Waals surface area (Å²) in [5.74, 6) is 5.53. The fraction of sp³-hybridized carbons (Fsp3) is 0.625. The highest BCUT2D eigenvalue weighted by Gasteiger charge is 2.31. The normalized spacial score (nSPS) is 14.5. The van der Waals surface area contributed by atoms with Gasteiger partial charge in [-0.1, -0.05) is 46.8 Å². The van der Waals surface area contributed by atoms with E-state index in [0.29, 0.717) is 0 Å². The Hall–Kier alpha value is -0.930. The Bertz CT molecular complexity index is 390. The quantitative estimate of drug-likeness (QED) is 0.629. The van der Waals surface area contributed by atoms with E-state index in [9.17, 15) is 4.39 Å². The SMILES string of the molecule is CC(C)(C)CCC(NN)C(C)(C)c1ccc(F)cc1. The molecule has 0 heterocycles. The molecule has 0 aromatic heterocycles. The van der Waals surface area contributed by atoms with Crippen molar-refractivity contribution in [3.63, 3.8) is 0 Å². The fourth-order valence-electron chi connectivity index (χ4n) is 2.31. The Morgan fingerprint density at radius 2 is 1.63 bits per heavy atom. The average molecular weight is 266 g/mol. The molecule has 3 N–H and O–H groups in total. The zero-order valence-electron chi connectivity index (χ0n) is 12.8. The van der Waals surface area contributed by atoms with E-state index in [2.05, 4.69) is 40.0 Å². The maximum atomic E-state index is 13.0. The summed E-state index contributed by atoms with van der Waals surface area (Å²) in [6, 6.07) is 6.87. The van der Waals surface area contributed by atoms with E-state index in [1.54, 1.807) is 0 Å². The average Bonchev–Trinajstić information content (AvgIpc) is 2.28.